The maximum Gasteiger partial charge on any atom is 0.275 e. The van der Waals surface area contributed by atoms with E-state index in [1.165, 1.54) is 0 Å². The lowest BCUT2D eigenvalue weighted by atomic mass is 10.5. The van der Waals surface area contributed by atoms with E-state index in [0.717, 1.165) is 3.57 Å². The standard InChI is InChI=1S/C6H4IN3O/c7-4-3-9-10-2-1-8-6(11)5(4)10/h1-3H,(H,8,11). The van der Waals surface area contributed by atoms with Gasteiger partial charge in [0.2, 0.25) is 0 Å². The lowest BCUT2D eigenvalue weighted by Gasteiger charge is -1.88. The summed E-state index contributed by atoms with van der Waals surface area (Å²) in [6.45, 7) is 0. The molecule has 0 aliphatic heterocycles. The van der Waals surface area contributed by atoms with E-state index in [1.807, 2.05) is 0 Å². The number of fused-ring (bicyclic) bond motifs is 1. The van der Waals surface area contributed by atoms with E-state index < -0.39 is 0 Å². The lowest BCUT2D eigenvalue weighted by molar-refractivity contribution is 0.936. The molecule has 0 fully saturated rings. The molecule has 4 nitrogen and oxygen atoms in total. The average Bonchev–Trinajstić information content (AvgIpc) is 2.34. The molecule has 0 amide bonds. The lowest BCUT2D eigenvalue weighted by Crippen LogP contribution is -2.08. The van der Waals surface area contributed by atoms with E-state index in [1.54, 1.807) is 23.1 Å². The molecule has 5 heteroatoms. The Morgan fingerprint density at radius 2 is 2.45 bits per heavy atom. The van der Waals surface area contributed by atoms with Crippen LogP contribution in [0.5, 0.6) is 0 Å². The zero-order valence-electron chi connectivity index (χ0n) is 5.41. The molecular formula is C6H4IN3O. The number of hydrogen-bond donors (Lipinski definition) is 1. The minimum Gasteiger partial charge on any atom is -0.326 e. The van der Waals surface area contributed by atoms with Crippen LogP contribution in [0.2, 0.25) is 0 Å². The van der Waals surface area contributed by atoms with Crippen molar-refractivity contribution in [1.29, 1.82) is 0 Å². The Kier molecular flexibility index (Phi) is 1.45. The van der Waals surface area contributed by atoms with Crippen LogP contribution in [0.15, 0.2) is 23.4 Å². The highest BCUT2D eigenvalue weighted by molar-refractivity contribution is 14.1. The van der Waals surface area contributed by atoms with Gasteiger partial charge in [0.15, 0.2) is 0 Å². The van der Waals surface area contributed by atoms with Crippen molar-refractivity contribution in [2.24, 2.45) is 0 Å². The van der Waals surface area contributed by atoms with Gasteiger partial charge in [-0.1, -0.05) is 0 Å². The number of halogens is 1. The van der Waals surface area contributed by atoms with Crippen molar-refractivity contribution < 1.29 is 0 Å². The van der Waals surface area contributed by atoms with E-state index in [4.69, 9.17) is 0 Å². The summed E-state index contributed by atoms with van der Waals surface area (Å²) < 4.78 is 2.42. The normalized spacial score (nSPS) is 10.6. The summed E-state index contributed by atoms with van der Waals surface area (Å²) >= 11 is 2.08. The van der Waals surface area contributed by atoms with Crippen LogP contribution in [0.3, 0.4) is 0 Å². The highest BCUT2D eigenvalue weighted by Gasteiger charge is 2.02. The van der Waals surface area contributed by atoms with Crippen molar-refractivity contribution in [3.8, 4) is 0 Å². The monoisotopic (exact) mass is 261 g/mol. The van der Waals surface area contributed by atoms with Gasteiger partial charge >= 0.3 is 0 Å². The Labute approximate surface area is 75.4 Å². The van der Waals surface area contributed by atoms with Gasteiger partial charge in [0.25, 0.3) is 5.56 Å². The Bertz CT molecular complexity index is 444. The number of nitrogens with one attached hydrogen (secondary N) is 1. The second-order valence-electron chi connectivity index (χ2n) is 2.07. The van der Waals surface area contributed by atoms with Crippen LogP contribution in [-0.4, -0.2) is 14.6 Å². The Morgan fingerprint density at radius 3 is 3.18 bits per heavy atom. The first kappa shape index (κ1) is 6.84. The topological polar surface area (TPSA) is 50.2 Å². The van der Waals surface area contributed by atoms with Crippen molar-refractivity contribution >= 4 is 28.1 Å². The zero-order chi connectivity index (χ0) is 7.84. The molecular weight excluding hydrogens is 257 g/mol. The van der Waals surface area contributed by atoms with Crippen LogP contribution in [-0.2, 0) is 0 Å². The molecule has 0 aliphatic carbocycles. The van der Waals surface area contributed by atoms with Gasteiger partial charge in [-0.2, -0.15) is 5.10 Å². The van der Waals surface area contributed by atoms with E-state index in [-0.39, 0.29) is 5.56 Å². The molecule has 0 bridgehead atoms. The molecule has 11 heavy (non-hydrogen) atoms. The van der Waals surface area contributed by atoms with Crippen molar-refractivity contribution in [2.75, 3.05) is 0 Å². The second kappa shape index (κ2) is 2.33. The summed E-state index contributed by atoms with van der Waals surface area (Å²) in [7, 11) is 0. The first-order chi connectivity index (χ1) is 5.29. The van der Waals surface area contributed by atoms with Crippen LogP contribution < -0.4 is 5.56 Å². The molecule has 1 N–H and O–H groups in total. The average molecular weight is 261 g/mol. The highest BCUT2D eigenvalue weighted by Crippen LogP contribution is 2.06. The van der Waals surface area contributed by atoms with Crippen LogP contribution in [0, 0.1) is 3.57 Å². The molecule has 0 unspecified atom stereocenters. The fourth-order valence-corrected chi connectivity index (χ4v) is 1.54. The summed E-state index contributed by atoms with van der Waals surface area (Å²) in [6, 6.07) is 0. The largest absolute Gasteiger partial charge is 0.326 e. The van der Waals surface area contributed by atoms with Crippen molar-refractivity contribution in [1.82, 2.24) is 14.6 Å². The molecule has 0 saturated heterocycles. The minimum absolute atomic E-state index is 0.102. The van der Waals surface area contributed by atoms with E-state index >= 15 is 0 Å². The van der Waals surface area contributed by atoms with Crippen LogP contribution >= 0.6 is 22.6 Å². The van der Waals surface area contributed by atoms with Crippen molar-refractivity contribution in [3.05, 3.63) is 32.5 Å². The number of aromatic nitrogens is 3. The van der Waals surface area contributed by atoms with Crippen LogP contribution in [0.4, 0.5) is 0 Å². The summed E-state index contributed by atoms with van der Waals surface area (Å²) in [5.41, 5.74) is 0.502. The van der Waals surface area contributed by atoms with Gasteiger partial charge in [-0.25, -0.2) is 4.52 Å². The zero-order valence-corrected chi connectivity index (χ0v) is 7.57. The fourth-order valence-electron chi connectivity index (χ4n) is 0.919. The molecule has 2 aromatic heterocycles. The van der Waals surface area contributed by atoms with Crippen LogP contribution in [0.1, 0.15) is 0 Å². The first-order valence-corrected chi connectivity index (χ1v) is 4.07. The third-order valence-electron chi connectivity index (χ3n) is 1.40. The first-order valence-electron chi connectivity index (χ1n) is 2.99. The van der Waals surface area contributed by atoms with Gasteiger partial charge in [-0.05, 0) is 22.6 Å². The number of aromatic amines is 1. The molecule has 0 radical (unpaired) electrons. The Morgan fingerprint density at radius 1 is 1.64 bits per heavy atom. The quantitative estimate of drug-likeness (QED) is 0.707. The predicted octanol–water partition coefficient (Wildman–Crippen LogP) is 0.627. The van der Waals surface area contributed by atoms with E-state index in [9.17, 15) is 4.79 Å². The molecule has 56 valence electrons. The maximum absolute atomic E-state index is 11.1. The third-order valence-corrected chi connectivity index (χ3v) is 2.19. The maximum atomic E-state index is 11.1. The number of hydrogen-bond acceptors (Lipinski definition) is 2. The van der Waals surface area contributed by atoms with Crippen LogP contribution in [0.25, 0.3) is 5.52 Å². The Hall–Kier alpha value is -0.850. The molecule has 0 aliphatic rings. The molecule has 2 aromatic rings. The predicted molar refractivity (Wildman–Crippen MR) is 48.5 cm³/mol. The second-order valence-corrected chi connectivity index (χ2v) is 3.24. The van der Waals surface area contributed by atoms with Gasteiger partial charge in [-0.15, -0.1) is 0 Å². The fraction of sp³-hybridized carbons (Fsp3) is 0. The molecule has 0 aromatic carbocycles. The number of nitrogens with zero attached hydrogens (tertiary/aromatic N) is 2. The molecule has 0 spiro atoms. The molecule has 0 saturated carbocycles. The van der Waals surface area contributed by atoms with Gasteiger partial charge < -0.3 is 4.98 Å². The SMILES string of the molecule is O=c1[nH]ccn2ncc(I)c12. The molecule has 2 heterocycles. The Balaban J connectivity index is 3.08. The number of rotatable bonds is 0. The summed E-state index contributed by atoms with van der Waals surface area (Å²) in [4.78, 5) is 13.7. The summed E-state index contributed by atoms with van der Waals surface area (Å²) in [5.74, 6) is 0. The van der Waals surface area contributed by atoms with E-state index in [0.29, 0.717) is 5.52 Å². The molecule has 2 rings (SSSR count). The van der Waals surface area contributed by atoms with Gasteiger partial charge in [-0.3, -0.25) is 4.79 Å². The minimum atomic E-state index is -0.102. The van der Waals surface area contributed by atoms with Gasteiger partial charge in [0, 0.05) is 12.4 Å². The van der Waals surface area contributed by atoms with Crippen molar-refractivity contribution in [3.63, 3.8) is 0 Å². The van der Waals surface area contributed by atoms with Gasteiger partial charge in [0.05, 0.1) is 9.77 Å². The molecule has 0 atom stereocenters. The van der Waals surface area contributed by atoms with E-state index in [2.05, 4.69) is 32.7 Å². The summed E-state index contributed by atoms with van der Waals surface area (Å²) in [6.07, 6.45) is 4.93. The highest BCUT2D eigenvalue weighted by atomic mass is 127. The number of H-pyrrole nitrogens is 1. The third kappa shape index (κ3) is 0.953. The smallest absolute Gasteiger partial charge is 0.275 e. The van der Waals surface area contributed by atoms with Gasteiger partial charge in [0.1, 0.15) is 5.52 Å². The summed E-state index contributed by atoms with van der Waals surface area (Å²) in [5, 5.41) is 3.97. The van der Waals surface area contributed by atoms with Crippen molar-refractivity contribution in [2.45, 2.75) is 0 Å².